The number of fused-ring (bicyclic) bond motifs is 7. The molecule has 8 rings (SSSR count). The normalized spacial score (nSPS) is 13.6. The van der Waals surface area contributed by atoms with E-state index in [0.717, 1.165) is 39.0 Å². The smallest absolute Gasteiger partial charge is 0.135 e. The molecule has 0 aliphatic heterocycles. The minimum absolute atomic E-state index is 0.0561. The van der Waals surface area contributed by atoms with Crippen LogP contribution in [0.2, 0.25) is 0 Å². The highest BCUT2D eigenvalue weighted by molar-refractivity contribution is 6.06. The molecule has 39 heavy (non-hydrogen) atoms. The van der Waals surface area contributed by atoms with Crippen molar-refractivity contribution in [2.75, 3.05) is 4.90 Å². The minimum atomic E-state index is -0.0561. The van der Waals surface area contributed by atoms with E-state index in [2.05, 4.69) is 134 Å². The zero-order valence-electron chi connectivity index (χ0n) is 22.0. The second-order valence-corrected chi connectivity index (χ2v) is 11.0. The molecule has 2 heteroatoms. The third-order valence-electron chi connectivity index (χ3n) is 8.42. The Balaban J connectivity index is 1.35. The topological polar surface area (TPSA) is 16.4 Å². The number of nitrogens with zero attached hydrogens (tertiary/aromatic N) is 1. The van der Waals surface area contributed by atoms with Crippen LogP contribution in [0.4, 0.5) is 17.1 Å². The van der Waals surface area contributed by atoms with E-state index in [1.54, 1.807) is 0 Å². The van der Waals surface area contributed by atoms with Crippen LogP contribution in [-0.4, -0.2) is 0 Å². The fourth-order valence-corrected chi connectivity index (χ4v) is 6.44. The lowest BCUT2D eigenvalue weighted by Gasteiger charge is -2.27. The molecule has 1 aromatic heterocycles. The van der Waals surface area contributed by atoms with E-state index in [9.17, 15) is 0 Å². The summed E-state index contributed by atoms with van der Waals surface area (Å²) in [6.07, 6.45) is 0. The van der Waals surface area contributed by atoms with Gasteiger partial charge in [0.05, 0.1) is 0 Å². The molecular formula is C37H27NO. The first kappa shape index (κ1) is 22.2. The molecule has 0 saturated heterocycles. The van der Waals surface area contributed by atoms with Crippen LogP contribution in [0.3, 0.4) is 0 Å². The van der Waals surface area contributed by atoms with Gasteiger partial charge < -0.3 is 9.32 Å². The molecule has 0 N–H and O–H groups in total. The predicted molar refractivity (Wildman–Crippen MR) is 163 cm³/mol. The van der Waals surface area contributed by atoms with Crippen molar-refractivity contribution in [1.29, 1.82) is 0 Å². The van der Waals surface area contributed by atoms with Crippen molar-refractivity contribution in [1.82, 2.24) is 0 Å². The van der Waals surface area contributed by atoms with Crippen LogP contribution >= 0.6 is 0 Å². The second kappa shape index (κ2) is 8.09. The molecule has 0 unspecified atom stereocenters. The van der Waals surface area contributed by atoms with E-state index >= 15 is 0 Å². The van der Waals surface area contributed by atoms with Crippen LogP contribution in [0.1, 0.15) is 25.0 Å². The SMILES string of the molecule is CC1(C)c2ccc(N(c3ccccc3)c3ccc4oc5ccccc5c4c3)cc2-c2cc3ccccc3cc21. The van der Waals surface area contributed by atoms with Crippen molar-refractivity contribution < 1.29 is 4.42 Å². The van der Waals surface area contributed by atoms with Gasteiger partial charge in [0, 0.05) is 33.2 Å². The van der Waals surface area contributed by atoms with E-state index in [1.165, 1.54) is 33.0 Å². The number of anilines is 3. The average molecular weight is 502 g/mol. The first-order valence-corrected chi connectivity index (χ1v) is 13.5. The molecule has 0 bridgehead atoms. The van der Waals surface area contributed by atoms with E-state index in [4.69, 9.17) is 4.42 Å². The van der Waals surface area contributed by atoms with Gasteiger partial charge >= 0.3 is 0 Å². The van der Waals surface area contributed by atoms with Gasteiger partial charge in [0.15, 0.2) is 0 Å². The summed E-state index contributed by atoms with van der Waals surface area (Å²) in [4.78, 5) is 2.35. The lowest BCUT2D eigenvalue weighted by molar-refractivity contribution is 0.661. The predicted octanol–water partition coefficient (Wildman–Crippen LogP) is 10.5. The fraction of sp³-hybridized carbons (Fsp3) is 0.0811. The number of furan rings is 1. The first-order valence-electron chi connectivity index (χ1n) is 13.5. The monoisotopic (exact) mass is 501 g/mol. The highest BCUT2D eigenvalue weighted by Crippen LogP contribution is 2.51. The quantitative estimate of drug-likeness (QED) is 0.239. The summed E-state index contributed by atoms with van der Waals surface area (Å²) >= 11 is 0. The molecular weight excluding hydrogens is 474 g/mol. The number of benzene rings is 6. The number of rotatable bonds is 3. The largest absolute Gasteiger partial charge is 0.456 e. The molecule has 7 aromatic rings. The summed E-state index contributed by atoms with van der Waals surface area (Å²) < 4.78 is 6.14. The zero-order valence-corrected chi connectivity index (χ0v) is 22.0. The third kappa shape index (κ3) is 3.28. The third-order valence-corrected chi connectivity index (χ3v) is 8.42. The second-order valence-electron chi connectivity index (χ2n) is 11.0. The van der Waals surface area contributed by atoms with Crippen LogP contribution in [0, 0.1) is 0 Å². The Morgan fingerprint density at radius 1 is 0.487 bits per heavy atom. The van der Waals surface area contributed by atoms with Crippen molar-refractivity contribution in [3.05, 3.63) is 139 Å². The maximum Gasteiger partial charge on any atom is 0.135 e. The average Bonchev–Trinajstić information content (AvgIpc) is 3.44. The Kier molecular flexibility index (Phi) is 4.60. The summed E-state index contributed by atoms with van der Waals surface area (Å²) in [7, 11) is 0. The van der Waals surface area contributed by atoms with E-state index in [-0.39, 0.29) is 5.41 Å². The Morgan fingerprint density at radius 3 is 1.97 bits per heavy atom. The van der Waals surface area contributed by atoms with E-state index < -0.39 is 0 Å². The summed E-state index contributed by atoms with van der Waals surface area (Å²) in [6.45, 7) is 4.69. The van der Waals surface area contributed by atoms with Crippen LogP contribution in [0.15, 0.2) is 132 Å². The standard InChI is InChI=1S/C37H27NO/c1-37(2)33-18-16-27(22-31(33)30-20-24-10-6-7-11-25(24)21-34(30)37)38(26-12-4-3-5-13-26)28-17-19-36-32(23-28)29-14-8-9-15-35(29)39-36/h3-23H,1-2H3. The summed E-state index contributed by atoms with van der Waals surface area (Å²) in [6, 6.07) is 45.8. The molecule has 186 valence electrons. The van der Waals surface area contributed by atoms with Gasteiger partial charge in [-0.15, -0.1) is 0 Å². The van der Waals surface area contributed by atoms with Gasteiger partial charge in [0.2, 0.25) is 0 Å². The summed E-state index contributed by atoms with van der Waals surface area (Å²) in [5.41, 5.74) is 10.6. The summed E-state index contributed by atoms with van der Waals surface area (Å²) in [5, 5.41) is 4.84. The molecule has 1 aliphatic carbocycles. The van der Waals surface area contributed by atoms with Crippen molar-refractivity contribution in [2.24, 2.45) is 0 Å². The van der Waals surface area contributed by atoms with E-state index in [1.807, 2.05) is 12.1 Å². The Hall–Kier alpha value is -4.82. The van der Waals surface area contributed by atoms with E-state index in [0.29, 0.717) is 0 Å². The van der Waals surface area contributed by atoms with Gasteiger partial charge in [-0.1, -0.05) is 80.6 Å². The van der Waals surface area contributed by atoms with Gasteiger partial charge in [-0.05, 0) is 93.7 Å². The lowest BCUT2D eigenvalue weighted by atomic mass is 9.82. The molecule has 0 amide bonds. The molecule has 2 nitrogen and oxygen atoms in total. The summed E-state index contributed by atoms with van der Waals surface area (Å²) in [5.74, 6) is 0. The van der Waals surface area contributed by atoms with Crippen LogP contribution in [0.25, 0.3) is 43.8 Å². The van der Waals surface area contributed by atoms with Crippen molar-refractivity contribution >= 4 is 49.8 Å². The maximum absolute atomic E-state index is 6.14. The highest BCUT2D eigenvalue weighted by Gasteiger charge is 2.36. The molecule has 0 spiro atoms. The van der Waals surface area contributed by atoms with Gasteiger partial charge in [0.25, 0.3) is 0 Å². The molecule has 1 heterocycles. The van der Waals surface area contributed by atoms with Gasteiger partial charge in [-0.25, -0.2) is 0 Å². The molecule has 0 saturated carbocycles. The lowest BCUT2D eigenvalue weighted by Crippen LogP contribution is -2.15. The van der Waals surface area contributed by atoms with Gasteiger partial charge in [-0.3, -0.25) is 0 Å². The van der Waals surface area contributed by atoms with Gasteiger partial charge in [-0.2, -0.15) is 0 Å². The zero-order chi connectivity index (χ0) is 26.1. The molecule has 0 atom stereocenters. The maximum atomic E-state index is 6.14. The molecule has 1 aliphatic rings. The molecule has 6 aromatic carbocycles. The van der Waals surface area contributed by atoms with Crippen molar-refractivity contribution in [3.8, 4) is 11.1 Å². The molecule has 0 radical (unpaired) electrons. The van der Waals surface area contributed by atoms with Crippen molar-refractivity contribution in [2.45, 2.75) is 19.3 Å². The Labute approximate surface area is 227 Å². The van der Waals surface area contributed by atoms with Crippen LogP contribution in [0.5, 0.6) is 0 Å². The number of para-hydroxylation sites is 2. The molecule has 0 fully saturated rings. The van der Waals surface area contributed by atoms with Crippen LogP contribution in [-0.2, 0) is 5.41 Å². The number of hydrogen-bond donors (Lipinski definition) is 0. The fourth-order valence-electron chi connectivity index (χ4n) is 6.44. The van der Waals surface area contributed by atoms with Gasteiger partial charge in [0.1, 0.15) is 11.2 Å². The highest BCUT2D eigenvalue weighted by atomic mass is 16.3. The van der Waals surface area contributed by atoms with Crippen molar-refractivity contribution in [3.63, 3.8) is 0 Å². The number of hydrogen-bond acceptors (Lipinski definition) is 2. The first-order chi connectivity index (χ1) is 19.1. The Bertz CT molecular complexity index is 2050. The van der Waals surface area contributed by atoms with Crippen LogP contribution < -0.4 is 4.90 Å². The minimum Gasteiger partial charge on any atom is -0.456 e. The Morgan fingerprint density at radius 2 is 1.13 bits per heavy atom.